The molecule has 0 bridgehead atoms. The van der Waals surface area contributed by atoms with Crippen LogP contribution >= 0.6 is 22.7 Å². The van der Waals surface area contributed by atoms with Gasteiger partial charge in [0.05, 0.1) is 44.8 Å². The number of rotatable bonds is 13. The van der Waals surface area contributed by atoms with E-state index in [1.165, 1.54) is 57.0 Å². The zero-order valence-electron chi connectivity index (χ0n) is 59.3. The maximum atomic E-state index is 5.38. The fourth-order valence-electron chi connectivity index (χ4n) is 15.3. The summed E-state index contributed by atoms with van der Waals surface area (Å²) in [4.78, 5) is 31.5. The van der Waals surface area contributed by atoms with Gasteiger partial charge in [-0.25, -0.2) is 29.9 Å². The van der Waals surface area contributed by atoms with Crippen molar-refractivity contribution in [2.75, 3.05) is 0 Å². The highest BCUT2D eigenvalue weighted by Crippen LogP contribution is 2.48. The van der Waals surface area contributed by atoms with Gasteiger partial charge in [-0.3, -0.25) is 9.13 Å². The molecule has 110 heavy (non-hydrogen) atoms. The average Bonchev–Trinajstić information content (AvgIpc) is 1.54. The monoisotopic (exact) mass is 1440 g/mol. The Morgan fingerprint density at radius 2 is 0.536 bits per heavy atom. The summed E-state index contributed by atoms with van der Waals surface area (Å²) in [6, 6.07) is 136. The molecular weight excluding hydrogens is 1380 g/mol. The summed E-state index contributed by atoms with van der Waals surface area (Å²) in [5.41, 5.74) is 25.2. The second kappa shape index (κ2) is 28.3. The molecule has 8 nitrogen and oxygen atoms in total. The Bertz CT molecular complexity index is 7000. The molecule has 0 N–H and O–H groups in total. The van der Waals surface area contributed by atoms with Gasteiger partial charge in [0, 0.05) is 96.2 Å². The lowest BCUT2D eigenvalue weighted by Gasteiger charge is -2.12. The minimum Gasteiger partial charge on any atom is -0.292 e. The molecule has 0 aliphatic carbocycles. The van der Waals surface area contributed by atoms with Crippen LogP contribution in [-0.2, 0) is 0 Å². The molecule has 0 fully saturated rings. The molecule has 10 heteroatoms. The second-order valence-corrected chi connectivity index (χ2v) is 29.3. The number of fused-ring (bicyclic) bond motifs is 8. The van der Waals surface area contributed by atoms with Crippen LogP contribution in [0.2, 0.25) is 0 Å². The highest BCUT2D eigenvalue weighted by molar-refractivity contribution is 7.27. The number of imidazole rings is 2. The van der Waals surface area contributed by atoms with Crippen LogP contribution in [0, 0.1) is 0 Å². The van der Waals surface area contributed by atoms with Crippen molar-refractivity contribution in [1.82, 2.24) is 39.0 Å². The van der Waals surface area contributed by atoms with Crippen molar-refractivity contribution >= 4 is 85.1 Å². The lowest BCUT2D eigenvalue weighted by atomic mass is 9.99. The minimum atomic E-state index is 0.686. The molecule has 0 atom stereocenters. The standard InChI is InChI=1S/C53H34N4S.C47H30N4S/c1-4-15-35(16-5-1)37-29-31-38(32-30-37)46-34-47(55-52(54-46)40-20-12-19-39(33-40)36-17-6-2-7-18-36)42-23-14-28-49-50(42)43-24-13-25-44(51(43)58-49)53-56-45-26-10-11-27-48(45)57(53)41-21-8-3-9-22-41;1-4-15-31(16-5-1)33-19-12-20-34(29-33)40-30-41(49-46(48-40)32-17-6-2-7-18-32)36-23-14-28-43-44(36)37-24-13-25-38(45(37)52-43)47-50-39-26-10-11-27-42(39)51(47)35-21-8-3-9-22-35/h1-34H;1-30H. The summed E-state index contributed by atoms with van der Waals surface area (Å²) < 4.78 is 9.36. The van der Waals surface area contributed by atoms with Crippen LogP contribution in [0.25, 0.3) is 198 Å². The van der Waals surface area contributed by atoms with Crippen LogP contribution in [0.3, 0.4) is 0 Å². The van der Waals surface area contributed by atoms with Crippen molar-refractivity contribution in [3.63, 3.8) is 0 Å². The van der Waals surface area contributed by atoms with Gasteiger partial charge in [-0.2, -0.15) is 0 Å². The van der Waals surface area contributed by atoms with Crippen molar-refractivity contribution in [2.45, 2.75) is 0 Å². The fourth-order valence-corrected chi connectivity index (χ4v) is 17.8. The molecule has 0 aliphatic heterocycles. The summed E-state index contributed by atoms with van der Waals surface area (Å²) in [5.74, 6) is 3.24. The first kappa shape index (κ1) is 65.4. The molecule has 0 spiro atoms. The molecule has 0 saturated heterocycles. The van der Waals surface area contributed by atoms with Gasteiger partial charge in [-0.1, -0.05) is 291 Å². The van der Waals surface area contributed by atoms with E-state index in [1.54, 1.807) is 0 Å². The molecule has 0 unspecified atom stereocenters. The molecule has 15 aromatic carbocycles. The largest absolute Gasteiger partial charge is 0.292 e. The Morgan fingerprint density at radius 3 is 1.02 bits per heavy atom. The van der Waals surface area contributed by atoms with Gasteiger partial charge in [0.25, 0.3) is 0 Å². The van der Waals surface area contributed by atoms with E-state index >= 15 is 0 Å². The van der Waals surface area contributed by atoms with E-state index in [0.717, 1.165) is 129 Å². The molecular formula is C100H64N8S2. The summed E-state index contributed by atoms with van der Waals surface area (Å²) in [6.45, 7) is 0. The second-order valence-electron chi connectivity index (χ2n) is 27.2. The third-order valence-corrected chi connectivity index (χ3v) is 22.9. The predicted octanol–water partition coefficient (Wildman–Crippen LogP) is 26.7. The number of benzene rings is 15. The molecule has 6 heterocycles. The van der Waals surface area contributed by atoms with Gasteiger partial charge < -0.3 is 0 Å². The van der Waals surface area contributed by atoms with Crippen LogP contribution in [0.1, 0.15) is 0 Å². The van der Waals surface area contributed by atoms with Crippen LogP contribution in [0.5, 0.6) is 0 Å². The van der Waals surface area contributed by atoms with Gasteiger partial charge in [0.1, 0.15) is 11.6 Å². The van der Waals surface area contributed by atoms with Crippen molar-refractivity contribution < 1.29 is 0 Å². The Morgan fingerprint density at radius 1 is 0.209 bits per heavy atom. The molecule has 21 aromatic rings. The third-order valence-electron chi connectivity index (χ3n) is 20.5. The van der Waals surface area contributed by atoms with E-state index in [9.17, 15) is 0 Å². The van der Waals surface area contributed by atoms with Gasteiger partial charge in [0.15, 0.2) is 11.6 Å². The van der Waals surface area contributed by atoms with E-state index in [-0.39, 0.29) is 0 Å². The Labute approximate surface area is 643 Å². The topological polar surface area (TPSA) is 87.2 Å². The SMILES string of the molecule is c1ccc(-c2ccc(-c3cc(-c4cccc5sc6c(-c7nc8ccccc8n7-c7ccccc7)cccc6c45)nc(-c4cccc(-c5ccccc5)c4)n3)cc2)cc1.c1ccc(-c2cccc(-c3cc(-c4cccc5sc6c(-c7nc8ccccc8n7-c7ccccc7)cccc6c45)nc(-c4ccccc4)n3)c2)cc1. The van der Waals surface area contributed by atoms with Crippen LogP contribution in [0.15, 0.2) is 388 Å². The predicted molar refractivity (Wildman–Crippen MR) is 459 cm³/mol. The minimum absolute atomic E-state index is 0.686. The normalized spacial score (nSPS) is 11.5. The van der Waals surface area contributed by atoms with Crippen molar-refractivity contribution in [2.24, 2.45) is 0 Å². The highest BCUT2D eigenvalue weighted by Gasteiger charge is 2.25. The van der Waals surface area contributed by atoms with E-state index in [0.29, 0.717) is 11.6 Å². The van der Waals surface area contributed by atoms with Gasteiger partial charge in [0.2, 0.25) is 0 Å². The molecule has 6 aromatic heterocycles. The van der Waals surface area contributed by atoms with E-state index < -0.39 is 0 Å². The highest BCUT2D eigenvalue weighted by atomic mass is 32.1. The number of hydrogen-bond donors (Lipinski definition) is 0. The van der Waals surface area contributed by atoms with Crippen molar-refractivity contribution in [3.8, 4) is 135 Å². The Kier molecular flexibility index (Phi) is 16.8. The average molecular weight is 1440 g/mol. The molecule has 0 saturated carbocycles. The van der Waals surface area contributed by atoms with E-state index in [1.807, 2.05) is 59.1 Å². The summed E-state index contributed by atoms with van der Waals surface area (Å²) in [5, 5.41) is 4.74. The molecule has 0 amide bonds. The quantitative estimate of drug-likeness (QED) is 0.114. The molecule has 0 radical (unpaired) electrons. The van der Waals surface area contributed by atoms with Gasteiger partial charge >= 0.3 is 0 Å². The molecule has 21 rings (SSSR count). The van der Waals surface area contributed by atoms with Crippen LogP contribution in [-0.4, -0.2) is 39.0 Å². The van der Waals surface area contributed by atoms with Crippen molar-refractivity contribution in [1.29, 1.82) is 0 Å². The Hall–Kier alpha value is -14.2. The maximum absolute atomic E-state index is 5.38. The first-order valence-electron chi connectivity index (χ1n) is 36.8. The zero-order valence-corrected chi connectivity index (χ0v) is 61.0. The summed E-state index contributed by atoms with van der Waals surface area (Å²) in [6.07, 6.45) is 0. The lowest BCUT2D eigenvalue weighted by Crippen LogP contribution is -1.97. The number of nitrogens with zero attached hydrogens (tertiary/aromatic N) is 8. The van der Waals surface area contributed by atoms with Crippen molar-refractivity contribution in [3.05, 3.63) is 388 Å². The van der Waals surface area contributed by atoms with Gasteiger partial charge in [-0.15, -0.1) is 22.7 Å². The number of aromatic nitrogens is 8. The van der Waals surface area contributed by atoms with E-state index in [4.69, 9.17) is 29.9 Å². The first-order valence-corrected chi connectivity index (χ1v) is 38.4. The zero-order chi connectivity index (χ0) is 72.9. The molecule has 516 valence electrons. The van der Waals surface area contributed by atoms with E-state index in [2.05, 4.69) is 361 Å². The van der Waals surface area contributed by atoms with Crippen LogP contribution < -0.4 is 0 Å². The number of para-hydroxylation sites is 6. The smallest absolute Gasteiger partial charge is 0.160 e. The van der Waals surface area contributed by atoms with Crippen LogP contribution in [0.4, 0.5) is 0 Å². The van der Waals surface area contributed by atoms with Gasteiger partial charge in [-0.05, 0) is 130 Å². The summed E-state index contributed by atoms with van der Waals surface area (Å²) >= 11 is 3.62. The molecule has 0 aliphatic rings. The summed E-state index contributed by atoms with van der Waals surface area (Å²) in [7, 11) is 0. The third kappa shape index (κ3) is 12.2. The number of hydrogen-bond acceptors (Lipinski definition) is 8. The number of thiophene rings is 2. The lowest BCUT2D eigenvalue weighted by molar-refractivity contribution is 1.11. The first-order chi connectivity index (χ1) is 54.5. The maximum Gasteiger partial charge on any atom is 0.160 e. The fraction of sp³-hybridized carbons (Fsp3) is 0. The Balaban J connectivity index is 0.000000145.